The molecular formula is C11H17N3O4. The molecule has 7 nitrogen and oxygen atoms in total. The Balaban J connectivity index is 2.18. The lowest BCUT2D eigenvalue weighted by atomic mass is 10.2. The molecule has 1 aliphatic rings. The molecule has 0 bridgehead atoms. The maximum absolute atomic E-state index is 11.7. The molecule has 0 spiro atoms. The number of aromatic nitrogens is 2. The van der Waals surface area contributed by atoms with E-state index in [1.165, 1.54) is 4.57 Å². The van der Waals surface area contributed by atoms with Crippen LogP contribution in [0.5, 0.6) is 0 Å². The Kier molecular flexibility index (Phi) is 3.95. The molecule has 0 saturated carbocycles. The zero-order valence-corrected chi connectivity index (χ0v) is 10.4. The third kappa shape index (κ3) is 2.53. The number of rotatable bonds is 4. The summed E-state index contributed by atoms with van der Waals surface area (Å²) in [5.41, 5.74) is 5.02. The van der Waals surface area contributed by atoms with Crippen LogP contribution in [0, 0.1) is 0 Å². The van der Waals surface area contributed by atoms with Gasteiger partial charge < -0.3 is 19.9 Å². The summed E-state index contributed by atoms with van der Waals surface area (Å²) in [7, 11) is 3.21. The SMILES string of the molecule is COC[C@H]1O[C@@H](n2ccc(N)nc2=O)CC1OC. The molecular weight excluding hydrogens is 238 g/mol. The minimum Gasteiger partial charge on any atom is -0.383 e. The summed E-state index contributed by atoms with van der Waals surface area (Å²) in [6.45, 7) is 0.423. The molecule has 3 atom stereocenters. The van der Waals surface area contributed by atoms with Gasteiger partial charge in [-0.3, -0.25) is 4.57 Å². The maximum atomic E-state index is 11.7. The topological polar surface area (TPSA) is 88.6 Å². The molecule has 100 valence electrons. The summed E-state index contributed by atoms with van der Waals surface area (Å²) in [5, 5.41) is 0. The summed E-state index contributed by atoms with van der Waals surface area (Å²) in [6.07, 6.45) is 1.48. The number of nitrogens with two attached hydrogens (primary N) is 1. The second-order valence-electron chi connectivity index (χ2n) is 4.14. The van der Waals surface area contributed by atoms with E-state index in [0.717, 1.165) is 0 Å². The van der Waals surface area contributed by atoms with E-state index in [2.05, 4.69) is 4.98 Å². The van der Waals surface area contributed by atoms with Crippen LogP contribution in [0.15, 0.2) is 17.1 Å². The monoisotopic (exact) mass is 255 g/mol. The van der Waals surface area contributed by atoms with E-state index in [-0.39, 0.29) is 18.0 Å². The Morgan fingerprint density at radius 3 is 3.00 bits per heavy atom. The first kappa shape index (κ1) is 13.0. The lowest BCUT2D eigenvalue weighted by Gasteiger charge is -2.16. The minimum absolute atomic E-state index is 0.0978. The second-order valence-corrected chi connectivity index (χ2v) is 4.14. The second kappa shape index (κ2) is 5.47. The van der Waals surface area contributed by atoms with Gasteiger partial charge in [-0.2, -0.15) is 4.98 Å². The highest BCUT2D eigenvalue weighted by Gasteiger charge is 2.36. The predicted molar refractivity (Wildman–Crippen MR) is 64.1 cm³/mol. The quantitative estimate of drug-likeness (QED) is 0.799. The standard InChI is InChI=1S/C11H17N3O4/c1-16-6-8-7(17-2)5-10(18-8)14-4-3-9(12)13-11(14)15/h3-4,7-8,10H,5-6H2,1-2H3,(H2,12,13,15)/t7?,8-,10-/m1/s1. The Morgan fingerprint density at radius 1 is 1.61 bits per heavy atom. The van der Waals surface area contributed by atoms with Crippen molar-refractivity contribution < 1.29 is 14.2 Å². The molecule has 0 aliphatic carbocycles. The molecule has 2 rings (SSSR count). The van der Waals surface area contributed by atoms with Crippen LogP contribution in [-0.2, 0) is 14.2 Å². The maximum Gasteiger partial charge on any atom is 0.351 e. The van der Waals surface area contributed by atoms with Gasteiger partial charge >= 0.3 is 5.69 Å². The van der Waals surface area contributed by atoms with Crippen molar-refractivity contribution in [3.63, 3.8) is 0 Å². The number of nitrogens with zero attached hydrogens (tertiary/aromatic N) is 2. The van der Waals surface area contributed by atoms with E-state index in [9.17, 15) is 4.79 Å². The number of nitrogen functional groups attached to an aromatic ring is 1. The summed E-state index contributed by atoms with van der Waals surface area (Å²) < 4.78 is 17.5. The first-order chi connectivity index (χ1) is 8.65. The number of hydrogen-bond acceptors (Lipinski definition) is 6. The largest absolute Gasteiger partial charge is 0.383 e. The van der Waals surface area contributed by atoms with Crippen molar-refractivity contribution in [3.8, 4) is 0 Å². The van der Waals surface area contributed by atoms with Crippen molar-refractivity contribution in [2.45, 2.75) is 24.9 Å². The first-order valence-corrected chi connectivity index (χ1v) is 5.67. The van der Waals surface area contributed by atoms with Crippen LogP contribution in [0.2, 0.25) is 0 Å². The minimum atomic E-state index is -0.423. The third-order valence-electron chi connectivity index (χ3n) is 2.98. The fraction of sp³-hybridized carbons (Fsp3) is 0.636. The molecule has 0 aromatic carbocycles. The average molecular weight is 255 g/mol. The van der Waals surface area contributed by atoms with Gasteiger partial charge in [0.1, 0.15) is 18.1 Å². The van der Waals surface area contributed by atoms with Crippen LogP contribution in [0.3, 0.4) is 0 Å². The van der Waals surface area contributed by atoms with E-state index >= 15 is 0 Å². The molecule has 7 heteroatoms. The molecule has 0 radical (unpaired) electrons. The van der Waals surface area contributed by atoms with Crippen molar-refractivity contribution in [1.82, 2.24) is 9.55 Å². The lowest BCUT2D eigenvalue weighted by molar-refractivity contribution is -0.0617. The Hall–Kier alpha value is -1.44. The van der Waals surface area contributed by atoms with Gasteiger partial charge in [-0.25, -0.2) is 4.79 Å². The molecule has 0 amide bonds. The molecule has 1 aliphatic heterocycles. The van der Waals surface area contributed by atoms with Gasteiger partial charge in [0, 0.05) is 26.8 Å². The van der Waals surface area contributed by atoms with Crippen LogP contribution in [-0.4, -0.2) is 42.6 Å². The Morgan fingerprint density at radius 2 is 2.39 bits per heavy atom. The summed E-state index contributed by atoms with van der Waals surface area (Å²) in [6, 6.07) is 1.57. The highest BCUT2D eigenvalue weighted by Crippen LogP contribution is 2.29. The number of hydrogen-bond donors (Lipinski definition) is 1. The predicted octanol–water partition coefficient (Wildman–Crippen LogP) is -0.226. The average Bonchev–Trinajstić information content (AvgIpc) is 2.72. The van der Waals surface area contributed by atoms with Crippen molar-refractivity contribution in [1.29, 1.82) is 0 Å². The highest BCUT2D eigenvalue weighted by atomic mass is 16.6. The fourth-order valence-electron chi connectivity index (χ4n) is 2.08. The molecule has 1 unspecified atom stereocenters. The lowest BCUT2D eigenvalue weighted by Crippen LogP contribution is -2.28. The van der Waals surface area contributed by atoms with Crippen LogP contribution in [0.25, 0.3) is 0 Å². The van der Waals surface area contributed by atoms with E-state index in [4.69, 9.17) is 19.9 Å². The normalized spacial score (nSPS) is 27.6. The smallest absolute Gasteiger partial charge is 0.351 e. The van der Waals surface area contributed by atoms with Gasteiger partial charge in [0.2, 0.25) is 0 Å². The van der Waals surface area contributed by atoms with Crippen molar-refractivity contribution in [2.75, 3.05) is 26.6 Å². The number of anilines is 1. The van der Waals surface area contributed by atoms with Gasteiger partial charge in [0.25, 0.3) is 0 Å². The third-order valence-corrected chi connectivity index (χ3v) is 2.98. The molecule has 1 aromatic rings. The Bertz CT molecular complexity index is 462. The molecule has 2 heterocycles. The van der Waals surface area contributed by atoms with Crippen molar-refractivity contribution >= 4 is 5.82 Å². The highest BCUT2D eigenvalue weighted by molar-refractivity contribution is 5.23. The van der Waals surface area contributed by atoms with Gasteiger partial charge in [-0.05, 0) is 6.07 Å². The molecule has 1 saturated heterocycles. The molecule has 1 fully saturated rings. The summed E-state index contributed by atoms with van der Waals surface area (Å²) >= 11 is 0. The van der Waals surface area contributed by atoms with Gasteiger partial charge in [0.15, 0.2) is 0 Å². The van der Waals surface area contributed by atoms with Crippen LogP contribution < -0.4 is 11.4 Å². The van der Waals surface area contributed by atoms with Crippen LogP contribution >= 0.6 is 0 Å². The first-order valence-electron chi connectivity index (χ1n) is 5.67. The number of ether oxygens (including phenoxy) is 3. The van der Waals surface area contributed by atoms with Crippen LogP contribution in [0.4, 0.5) is 5.82 Å². The summed E-state index contributed by atoms with van der Waals surface area (Å²) in [4.78, 5) is 15.4. The Labute approximate surface area is 104 Å². The van der Waals surface area contributed by atoms with Gasteiger partial charge in [-0.15, -0.1) is 0 Å². The molecule has 18 heavy (non-hydrogen) atoms. The zero-order valence-electron chi connectivity index (χ0n) is 10.4. The van der Waals surface area contributed by atoms with Crippen molar-refractivity contribution in [2.24, 2.45) is 0 Å². The van der Waals surface area contributed by atoms with E-state index in [1.54, 1.807) is 26.5 Å². The van der Waals surface area contributed by atoms with Gasteiger partial charge in [0.05, 0.1) is 12.7 Å². The van der Waals surface area contributed by atoms with E-state index in [0.29, 0.717) is 13.0 Å². The number of methoxy groups -OCH3 is 2. The fourth-order valence-corrected chi connectivity index (χ4v) is 2.08. The zero-order chi connectivity index (χ0) is 13.1. The van der Waals surface area contributed by atoms with E-state index in [1.807, 2.05) is 0 Å². The van der Waals surface area contributed by atoms with Crippen LogP contribution in [0.1, 0.15) is 12.6 Å². The summed E-state index contributed by atoms with van der Waals surface area (Å²) in [5.74, 6) is 0.200. The van der Waals surface area contributed by atoms with Gasteiger partial charge in [-0.1, -0.05) is 0 Å². The van der Waals surface area contributed by atoms with Crippen molar-refractivity contribution in [3.05, 3.63) is 22.7 Å². The molecule has 2 N–H and O–H groups in total. The van der Waals surface area contributed by atoms with E-state index < -0.39 is 11.9 Å². The molecule has 1 aromatic heterocycles.